The van der Waals surface area contributed by atoms with Crippen molar-refractivity contribution in [2.45, 2.75) is 6.92 Å². The van der Waals surface area contributed by atoms with Crippen LogP contribution in [0.1, 0.15) is 15.9 Å². The standard InChI is InChI=1S/C14H13Cl2N3O/c1-8-3-4-10(15)13(12(8)16)19-14(20)9-7-18-6-5-11(9)17-2/h3-7H,1-2H3,(H,17,18)(H,19,20). The van der Waals surface area contributed by atoms with Gasteiger partial charge in [-0.25, -0.2) is 0 Å². The lowest BCUT2D eigenvalue weighted by molar-refractivity contribution is 0.102. The molecule has 0 fully saturated rings. The molecule has 1 amide bonds. The average molecular weight is 310 g/mol. The number of anilines is 2. The minimum Gasteiger partial charge on any atom is -0.387 e. The largest absolute Gasteiger partial charge is 0.387 e. The maximum absolute atomic E-state index is 12.3. The zero-order valence-electron chi connectivity index (χ0n) is 11.0. The molecule has 20 heavy (non-hydrogen) atoms. The molecule has 2 aromatic rings. The van der Waals surface area contributed by atoms with Gasteiger partial charge in [0.15, 0.2) is 0 Å². The van der Waals surface area contributed by atoms with E-state index in [1.54, 1.807) is 31.4 Å². The molecule has 2 rings (SSSR count). The predicted molar refractivity (Wildman–Crippen MR) is 82.9 cm³/mol. The highest BCUT2D eigenvalue weighted by atomic mass is 35.5. The first kappa shape index (κ1) is 14.6. The Morgan fingerprint density at radius 3 is 2.70 bits per heavy atom. The lowest BCUT2D eigenvalue weighted by atomic mass is 10.2. The van der Waals surface area contributed by atoms with Crippen LogP contribution in [-0.4, -0.2) is 17.9 Å². The number of pyridine rings is 1. The van der Waals surface area contributed by atoms with Crippen molar-refractivity contribution in [1.82, 2.24) is 4.98 Å². The summed E-state index contributed by atoms with van der Waals surface area (Å²) in [5, 5.41) is 6.49. The highest BCUT2D eigenvalue weighted by Gasteiger charge is 2.15. The van der Waals surface area contributed by atoms with Gasteiger partial charge in [-0.3, -0.25) is 9.78 Å². The molecule has 0 aliphatic heterocycles. The van der Waals surface area contributed by atoms with Crippen molar-refractivity contribution in [3.63, 3.8) is 0 Å². The highest BCUT2D eigenvalue weighted by Crippen LogP contribution is 2.33. The van der Waals surface area contributed by atoms with E-state index in [1.165, 1.54) is 6.20 Å². The number of rotatable bonds is 3. The van der Waals surface area contributed by atoms with E-state index in [2.05, 4.69) is 15.6 Å². The number of amides is 1. The summed E-state index contributed by atoms with van der Waals surface area (Å²) in [5.41, 5.74) is 2.34. The quantitative estimate of drug-likeness (QED) is 0.901. The number of carbonyl (C=O) groups excluding carboxylic acids is 1. The third-order valence-corrected chi connectivity index (χ3v) is 3.66. The Morgan fingerprint density at radius 1 is 1.25 bits per heavy atom. The topological polar surface area (TPSA) is 54.0 Å². The molecule has 0 aliphatic carbocycles. The number of carbonyl (C=O) groups is 1. The Labute approximate surface area is 127 Å². The van der Waals surface area contributed by atoms with Crippen LogP contribution in [0.25, 0.3) is 0 Å². The number of hydrogen-bond donors (Lipinski definition) is 2. The van der Waals surface area contributed by atoms with Crippen LogP contribution in [0.15, 0.2) is 30.6 Å². The number of nitrogens with zero attached hydrogens (tertiary/aromatic N) is 1. The van der Waals surface area contributed by atoms with Gasteiger partial charge in [0.1, 0.15) is 0 Å². The molecule has 0 unspecified atom stereocenters. The van der Waals surface area contributed by atoms with E-state index in [0.29, 0.717) is 27.0 Å². The van der Waals surface area contributed by atoms with Crippen LogP contribution in [0, 0.1) is 6.92 Å². The number of nitrogens with one attached hydrogen (secondary N) is 2. The molecule has 2 N–H and O–H groups in total. The summed E-state index contributed by atoms with van der Waals surface area (Å²) in [6.45, 7) is 1.84. The van der Waals surface area contributed by atoms with Gasteiger partial charge in [0.05, 0.1) is 21.3 Å². The second kappa shape index (κ2) is 6.11. The third kappa shape index (κ3) is 2.86. The summed E-state index contributed by atoms with van der Waals surface area (Å²) in [6, 6.07) is 5.21. The summed E-state index contributed by atoms with van der Waals surface area (Å²) in [4.78, 5) is 16.3. The molecule has 0 spiro atoms. The number of benzene rings is 1. The van der Waals surface area contributed by atoms with Crippen LogP contribution in [0.2, 0.25) is 10.0 Å². The van der Waals surface area contributed by atoms with Crippen molar-refractivity contribution in [3.05, 3.63) is 51.8 Å². The molecular weight excluding hydrogens is 297 g/mol. The SMILES string of the molecule is CNc1ccncc1C(=O)Nc1c(Cl)ccc(C)c1Cl. The molecule has 0 aliphatic rings. The summed E-state index contributed by atoms with van der Waals surface area (Å²) >= 11 is 12.2. The first-order valence-electron chi connectivity index (χ1n) is 5.92. The van der Waals surface area contributed by atoms with Gasteiger partial charge in [0, 0.05) is 25.1 Å². The zero-order valence-corrected chi connectivity index (χ0v) is 12.5. The number of aromatic nitrogens is 1. The number of hydrogen-bond acceptors (Lipinski definition) is 3. The smallest absolute Gasteiger partial charge is 0.259 e. The maximum Gasteiger partial charge on any atom is 0.259 e. The van der Waals surface area contributed by atoms with E-state index < -0.39 is 0 Å². The van der Waals surface area contributed by atoms with E-state index in [0.717, 1.165) is 5.56 Å². The van der Waals surface area contributed by atoms with Crippen molar-refractivity contribution in [2.75, 3.05) is 17.7 Å². The molecule has 6 heteroatoms. The molecule has 0 bridgehead atoms. The van der Waals surface area contributed by atoms with Crippen molar-refractivity contribution in [2.24, 2.45) is 0 Å². The highest BCUT2D eigenvalue weighted by molar-refractivity contribution is 6.40. The van der Waals surface area contributed by atoms with Crippen molar-refractivity contribution in [1.29, 1.82) is 0 Å². The zero-order chi connectivity index (χ0) is 14.7. The molecule has 0 saturated heterocycles. The number of halogens is 2. The summed E-state index contributed by atoms with van der Waals surface area (Å²) < 4.78 is 0. The Hall–Kier alpha value is -1.78. The fourth-order valence-corrected chi connectivity index (χ4v) is 2.21. The van der Waals surface area contributed by atoms with E-state index in [4.69, 9.17) is 23.2 Å². The van der Waals surface area contributed by atoms with Crippen LogP contribution in [0.3, 0.4) is 0 Å². The monoisotopic (exact) mass is 309 g/mol. The molecule has 1 aromatic heterocycles. The fraction of sp³-hybridized carbons (Fsp3) is 0.143. The van der Waals surface area contributed by atoms with Gasteiger partial charge >= 0.3 is 0 Å². The molecule has 4 nitrogen and oxygen atoms in total. The van der Waals surface area contributed by atoms with Crippen LogP contribution in [0.5, 0.6) is 0 Å². The lowest BCUT2D eigenvalue weighted by Gasteiger charge is -2.12. The maximum atomic E-state index is 12.3. The first-order chi connectivity index (χ1) is 9.54. The van der Waals surface area contributed by atoms with E-state index in [1.807, 2.05) is 6.92 Å². The molecular formula is C14H13Cl2N3O. The second-order valence-corrected chi connectivity index (χ2v) is 4.96. The Bertz CT molecular complexity index is 659. The minimum atomic E-state index is -0.322. The van der Waals surface area contributed by atoms with Crippen molar-refractivity contribution >= 4 is 40.5 Å². The van der Waals surface area contributed by atoms with Gasteiger partial charge in [-0.2, -0.15) is 0 Å². The van der Waals surface area contributed by atoms with Crippen LogP contribution in [-0.2, 0) is 0 Å². The van der Waals surface area contributed by atoms with Crippen molar-refractivity contribution < 1.29 is 4.79 Å². The number of aryl methyl sites for hydroxylation is 1. The molecule has 1 heterocycles. The van der Waals surface area contributed by atoms with Gasteiger partial charge in [-0.05, 0) is 24.6 Å². The molecule has 0 atom stereocenters. The van der Waals surface area contributed by atoms with Crippen molar-refractivity contribution in [3.8, 4) is 0 Å². The average Bonchev–Trinajstić information content (AvgIpc) is 2.47. The van der Waals surface area contributed by atoms with Crippen LogP contribution < -0.4 is 10.6 Å². The molecule has 104 valence electrons. The Balaban J connectivity index is 2.35. The summed E-state index contributed by atoms with van der Waals surface area (Å²) in [7, 11) is 1.73. The van der Waals surface area contributed by atoms with E-state index in [9.17, 15) is 4.79 Å². The van der Waals surface area contributed by atoms with Crippen LogP contribution >= 0.6 is 23.2 Å². The third-order valence-electron chi connectivity index (χ3n) is 2.86. The van der Waals surface area contributed by atoms with Gasteiger partial charge in [-0.15, -0.1) is 0 Å². The van der Waals surface area contributed by atoms with Gasteiger partial charge in [0.25, 0.3) is 5.91 Å². The van der Waals surface area contributed by atoms with Gasteiger partial charge in [0.2, 0.25) is 0 Å². The normalized spacial score (nSPS) is 10.2. The Morgan fingerprint density at radius 2 is 2.00 bits per heavy atom. The minimum absolute atomic E-state index is 0.322. The summed E-state index contributed by atoms with van der Waals surface area (Å²) in [5.74, 6) is -0.322. The Kier molecular flexibility index (Phi) is 4.47. The molecule has 0 saturated carbocycles. The van der Waals surface area contributed by atoms with E-state index >= 15 is 0 Å². The van der Waals surface area contributed by atoms with Gasteiger partial charge in [-0.1, -0.05) is 29.3 Å². The molecule has 0 radical (unpaired) electrons. The fourth-order valence-electron chi connectivity index (χ4n) is 1.75. The molecule has 1 aromatic carbocycles. The first-order valence-corrected chi connectivity index (χ1v) is 6.68. The lowest BCUT2D eigenvalue weighted by Crippen LogP contribution is -2.15. The van der Waals surface area contributed by atoms with Gasteiger partial charge < -0.3 is 10.6 Å². The van der Waals surface area contributed by atoms with Crippen LogP contribution in [0.4, 0.5) is 11.4 Å². The summed E-state index contributed by atoms with van der Waals surface area (Å²) in [6.07, 6.45) is 3.09. The predicted octanol–water partition coefficient (Wildman–Crippen LogP) is 3.99. The van der Waals surface area contributed by atoms with E-state index in [-0.39, 0.29) is 5.91 Å². The second-order valence-electron chi connectivity index (χ2n) is 4.18.